The monoisotopic (exact) mass is 421 g/mol. The molecule has 2 atom stereocenters. The Morgan fingerprint density at radius 3 is 1.75 bits per heavy atom. The largest absolute Gasteiger partial charge is 0.506 e. The first-order valence-corrected chi connectivity index (χ1v) is 11.1. The van der Waals surface area contributed by atoms with Gasteiger partial charge in [-0.3, -0.25) is 15.4 Å². The summed E-state index contributed by atoms with van der Waals surface area (Å²) in [6.07, 6.45) is 3.35. The maximum Gasteiger partial charge on any atom is 0.188 e. The SMILES string of the molecule is CC(CNC(=N)NCC(C)SCc1ncccc1O)SCc1ncccc1O. The van der Waals surface area contributed by atoms with Crippen molar-refractivity contribution in [3.05, 3.63) is 48.0 Å². The van der Waals surface area contributed by atoms with Crippen molar-refractivity contribution in [3.63, 3.8) is 0 Å². The smallest absolute Gasteiger partial charge is 0.188 e. The first-order chi connectivity index (χ1) is 13.5. The van der Waals surface area contributed by atoms with Gasteiger partial charge in [0.1, 0.15) is 11.5 Å². The van der Waals surface area contributed by atoms with Gasteiger partial charge in [-0.05, 0) is 24.3 Å². The van der Waals surface area contributed by atoms with Crippen molar-refractivity contribution in [2.75, 3.05) is 13.1 Å². The van der Waals surface area contributed by atoms with Crippen LogP contribution in [0.2, 0.25) is 0 Å². The third-order valence-corrected chi connectivity index (χ3v) is 6.23. The van der Waals surface area contributed by atoms with Crippen molar-refractivity contribution in [2.45, 2.75) is 35.9 Å². The highest BCUT2D eigenvalue weighted by molar-refractivity contribution is 7.99. The van der Waals surface area contributed by atoms with Gasteiger partial charge in [-0.25, -0.2) is 0 Å². The van der Waals surface area contributed by atoms with Crippen LogP contribution >= 0.6 is 23.5 Å². The Bertz CT molecular complexity index is 701. The summed E-state index contributed by atoms with van der Waals surface area (Å²) in [5.41, 5.74) is 1.36. The molecule has 0 amide bonds. The number of pyridine rings is 2. The highest BCUT2D eigenvalue weighted by Gasteiger charge is 2.10. The number of nitrogens with one attached hydrogen (secondary N) is 3. The first-order valence-electron chi connectivity index (χ1n) is 9.01. The van der Waals surface area contributed by atoms with Gasteiger partial charge >= 0.3 is 0 Å². The molecule has 9 heteroatoms. The molecule has 7 nitrogen and oxygen atoms in total. The van der Waals surface area contributed by atoms with Crippen LogP contribution in [0.5, 0.6) is 11.5 Å². The number of aromatic nitrogens is 2. The number of hydrogen-bond acceptors (Lipinski definition) is 7. The quantitative estimate of drug-likeness (QED) is 0.294. The minimum Gasteiger partial charge on any atom is -0.506 e. The predicted octanol–water partition coefficient (Wildman–Crippen LogP) is 2.95. The number of thioether (sulfide) groups is 2. The lowest BCUT2D eigenvalue weighted by molar-refractivity contribution is 0.466. The molecule has 2 heterocycles. The maximum atomic E-state index is 9.74. The maximum absolute atomic E-state index is 9.74. The van der Waals surface area contributed by atoms with E-state index in [4.69, 9.17) is 5.41 Å². The van der Waals surface area contributed by atoms with Crippen LogP contribution in [0.1, 0.15) is 25.2 Å². The zero-order chi connectivity index (χ0) is 20.4. The van der Waals surface area contributed by atoms with Gasteiger partial charge in [-0.15, -0.1) is 0 Å². The number of hydrogen-bond donors (Lipinski definition) is 5. The van der Waals surface area contributed by atoms with E-state index < -0.39 is 0 Å². The van der Waals surface area contributed by atoms with Crippen molar-refractivity contribution in [2.24, 2.45) is 0 Å². The highest BCUT2D eigenvalue weighted by atomic mass is 32.2. The van der Waals surface area contributed by atoms with Crippen LogP contribution in [0.15, 0.2) is 36.7 Å². The summed E-state index contributed by atoms with van der Waals surface area (Å²) in [7, 11) is 0. The topological polar surface area (TPSA) is 114 Å². The molecule has 0 saturated carbocycles. The van der Waals surface area contributed by atoms with E-state index in [1.807, 2.05) is 0 Å². The molecule has 2 aromatic rings. The molecule has 0 spiro atoms. The number of aromatic hydroxyl groups is 2. The number of rotatable bonds is 10. The molecule has 2 rings (SSSR count). The summed E-state index contributed by atoms with van der Waals surface area (Å²) in [6, 6.07) is 6.69. The van der Waals surface area contributed by atoms with E-state index in [2.05, 4.69) is 34.4 Å². The fourth-order valence-electron chi connectivity index (χ4n) is 2.20. The summed E-state index contributed by atoms with van der Waals surface area (Å²) in [5, 5.41) is 34.2. The number of guanidine groups is 1. The van der Waals surface area contributed by atoms with Crippen LogP contribution in [-0.4, -0.2) is 49.7 Å². The Balaban J connectivity index is 1.60. The molecule has 0 aliphatic carbocycles. The Kier molecular flexibility index (Phi) is 9.22. The molecule has 5 N–H and O–H groups in total. The van der Waals surface area contributed by atoms with Crippen LogP contribution < -0.4 is 10.6 Å². The summed E-state index contributed by atoms with van der Waals surface area (Å²) in [5.74, 6) is 1.99. The Hall–Kier alpha value is -2.13. The third kappa shape index (κ3) is 7.85. The van der Waals surface area contributed by atoms with Crippen LogP contribution in [-0.2, 0) is 11.5 Å². The predicted molar refractivity (Wildman–Crippen MR) is 117 cm³/mol. The molecule has 152 valence electrons. The first kappa shape index (κ1) is 22.2. The van der Waals surface area contributed by atoms with Crippen LogP contribution in [0, 0.1) is 5.41 Å². The average molecular weight is 422 g/mol. The Labute approximate surface area is 174 Å². The van der Waals surface area contributed by atoms with Crippen molar-refractivity contribution < 1.29 is 10.2 Å². The zero-order valence-corrected chi connectivity index (χ0v) is 17.7. The Morgan fingerprint density at radius 2 is 1.36 bits per heavy atom. The second-order valence-corrected chi connectivity index (χ2v) is 9.17. The third-order valence-electron chi connectivity index (χ3n) is 3.87. The summed E-state index contributed by atoms with van der Waals surface area (Å²) >= 11 is 3.35. The molecule has 2 aromatic heterocycles. The molecule has 0 saturated heterocycles. The fourth-order valence-corrected chi connectivity index (χ4v) is 3.93. The molecule has 0 aliphatic rings. The lowest BCUT2D eigenvalue weighted by Gasteiger charge is -2.17. The molecule has 0 bridgehead atoms. The molecule has 0 aliphatic heterocycles. The number of nitrogens with zero attached hydrogens (tertiary/aromatic N) is 2. The van der Waals surface area contributed by atoms with Gasteiger partial charge in [-0.1, -0.05) is 13.8 Å². The zero-order valence-electron chi connectivity index (χ0n) is 16.1. The Morgan fingerprint density at radius 1 is 0.929 bits per heavy atom. The molecule has 2 unspecified atom stereocenters. The van der Waals surface area contributed by atoms with Crippen LogP contribution in [0.25, 0.3) is 0 Å². The van der Waals surface area contributed by atoms with Crippen molar-refractivity contribution >= 4 is 29.5 Å². The van der Waals surface area contributed by atoms with Gasteiger partial charge in [0.15, 0.2) is 5.96 Å². The lowest BCUT2D eigenvalue weighted by Crippen LogP contribution is -2.41. The average Bonchev–Trinajstić information content (AvgIpc) is 2.69. The summed E-state index contributed by atoms with van der Waals surface area (Å²) in [4.78, 5) is 8.34. The van der Waals surface area contributed by atoms with E-state index in [1.165, 1.54) is 0 Å². The van der Waals surface area contributed by atoms with Gasteiger partial charge in [0.25, 0.3) is 0 Å². The highest BCUT2D eigenvalue weighted by Crippen LogP contribution is 2.23. The van der Waals surface area contributed by atoms with E-state index in [0.717, 1.165) is 0 Å². The van der Waals surface area contributed by atoms with Gasteiger partial charge in [0, 0.05) is 47.5 Å². The molecular weight excluding hydrogens is 394 g/mol. The van der Waals surface area contributed by atoms with Crippen LogP contribution in [0.3, 0.4) is 0 Å². The van der Waals surface area contributed by atoms with Gasteiger partial charge in [0.2, 0.25) is 0 Å². The van der Waals surface area contributed by atoms with E-state index in [-0.39, 0.29) is 22.0 Å². The second-order valence-electron chi connectivity index (χ2n) is 6.32. The molecule has 0 radical (unpaired) electrons. The van der Waals surface area contributed by atoms with E-state index >= 15 is 0 Å². The fraction of sp³-hybridized carbons (Fsp3) is 0.421. The summed E-state index contributed by atoms with van der Waals surface area (Å²) in [6.45, 7) is 5.44. The van der Waals surface area contributed by atoms with E-state index in [9.17, 15) is 10.2 Å². The molecule has 0 aromatic carbocycles. The second kappa shape index (κ2) is 11.7. The van der Waals surface area contributed by atoms with Crippen molar-refractivity contribution in [1.29, 1.82) is 5.41 Å². The lowest BCUT2D eigenvalue weighted by atomic mass is 10.3. The molecule has 0 fully saturated rings. The van der Waals surface area contributed by atoms with E-state index in [1.54, 1.807) is 60.2 Å². The minimum absolute atomic E-state index is 0.218. The summed E-state index contributed by atoms with van der Waals surface area (Å²) < 4.78 is 0. The normalized spacial score (nSPS) is 12.9. The minimum atomic E-state index is 0.218. The molecule has 28 heavy (non-hydrogen) atoms. The van der Waals surface area contributed by atoms with Crippen molar-refractivity contribution in [1.82, 2.24) is 20.6 Å². The van der Waals surface area contributed by atoms with Crippen molar-refractivity contribution in [3.8, 4) is 11.5 Å². The van der Waals surface area contributed by atoms with E-state index in [0.29, 0.717) is 41.9 Å². The molecular formula is C19H27N5O2S2. The standard InChI is InChI=1S/C19H27N5O2S2/c1-13(27-11-15-17(25)5-3-7-21-15)9-23-19(20)24-10-14(2)28-12-16-18(26)6-4-8-22-16/h3-8,13-14,25-26H,9-12H2,1-2H3,(H3,20,23,24). The van der Waals surface area contributed by atoms with Gasteiger partial charge < -0.3 is 20.8 Å². The van der Waals surface area contributed by atoms with Crippen LogP contribution in [0.4, 0.5) is 0 Å². The van der Waals surface area contributed by atoms with Gasteiger partial charge in [0.05, 0.1) is 11.4 Å². The van der Waals surface area contributed by atoms with Gasteiger partial charge in [-0.2, -0.15) is 23.5 Å².